The quantitative estimate of drug-likeness (QED) is 0.785. The van der Waals surface area contributed by atoms with E-state index in [1.165, 1.54) is 5.56 Å². The summed E-state index contributed by atoms with van der Waals surface area (Å²) in [5.41, 5.74) is 7.03. The summed E-state index contributed by atoms with van der Waals surface area (Å²) in [7, 11) is 2.13. The van der Waals surface area contributed by atoms with Crippen LogP contribution >= 0.6 is 0 Å². The number of rotatable bonds is 2. The smallest absolute Gasteiger partial charge is 0.0894 e. The third kappa shape index (κ3) is 2.20. The van der Waals surface area contributed by atoms with Crippen LogP contribution in [0.3, 0.4) is 0 Å². The molecule has 3 nitrogen and oxygen atoms in total. The summed E-state index contributed by atoms with van der Waals surface area (Å²) in [5, 5.41) is 0. The van der Waals surface area contributed by atoms with E-state index >= 15 is 0 Å². The Bertz CT molecular complexity index is 302. The first-order chi connectivity index (χ1) is 7.33. The maximum Gasteiger partial charge on any atom is 0.0894 e. The van der Waals surface area contributed by atoms with Gasteiger partial charge in [0.2, 0.25) is 0 Å². The minimum Gasteiger partial charge on any atom is -0.374 e. The molecule has 3 heteroatoms. The molecule has 1 heterocycles. The van der Waals surface area contributed by atoms with E-state index in [1.807, 2.05) is 6.07 Å². The number of hydrogen-bond acceptors (Lipinski definition) is 3. The Balaban J connectivity index is 2.23. The first-order valence-electron chi connectivity index (χ1n) is 5.40. The second kappa shape index (κ2) is 4.75. The lowest BCUT2D eigenvalue weighted by Gasteiger charge is -2.38. The van der Waals surface area contributed by atoms with E-state index in [-0.39, 0.29) is 6.10 Å². The van der Waals surface area contributed by atoms with Crippen LogP contribution in [-0.2, 0) is 4.74 Å². The van der Waals surface area contributed by atoms with E-state index in [9.17, 15) is 0 Å². The molecule has 0 saturated carbocycles. The molecule has 15 heavy (non-hydrogen) atoms. The van der Waals surface area contributed by atoms with Crippen molar-refractivity contribution in [3.63, 3.8) is 0 Å². The van der Waals surface area contributed by atoms with Crippen molar-refractivity contribution in [3.8, 4) is 0 Å². The molecule has 1 aliphatic rings. The normalized spacial score (nSPS) is 27.9. The molecular formula is C12H18N2O. The number of nitrogens with two attached hydrogens (primary N) is 1. The van der Waals surface area contributed by atoms with E-state index in [0.29, 0.717) is 12.6 Å². The fraction of sp³-hybridized carbons (Fsp3) is 0.500. The summed E-state index contributed by atoms with van der Waals surface area (Å²) < 4.78 is 5.70. The topological polar surface area (TPSA) is 38.5 Å². The van der Waals surface area contributed by atoms with Gasteiger partial charge in [0.05, 0.1) is 18.8 Å². The first kappa shape index (κ1) is 10.6. The lowest BCUT2D eigenvalue weighted by molar-refractivity contribution is -0.0576. The molecule has 1 aromatic rings. The summed E-state index contributed by atoms with van der Waals surface area (Å²) in [4.78, 5) is 2.32. The number of morpholine rings is 1. The number of hydrogen-bond donors (Lipinski definition) is 1. The Morgan fingerprint density at radius 1 is 1.40 bits per heavy atom. The minimum absolute atomic E-state index is 0.117. The van der Waals surface area contributed by atoms with Crippen molar-refractivity contribution in [3.05, 3.63) is 35.9 Å². The van der Waals surface area contributed by atoms with Gasteiger partial charge in [0.15, 0.2) is 0 Å². The van der Waals surface area contributed by atoms with E-state index in [4.69, 9.17) is 10.5 Å². The molecule has 82 valence electrons. The van der Waals surface area contributed by atoms with Gasteiger partial charge in [-0.25, -0.2) is 0 Å². The van der Waals surface area contributed by atoms with Gasteiger partial charge in [-0.05, 0) is 12.6 Å². The molecule has 0 unspecified atom stereocenters. The highest BCUT2D eigenvalue weighted by Gasteiger charge is 2.29. The maximum atomic E-state index is 5.74. The number of ether oxygens (including phenoxy) is 1. The molecule has 1 aliphatic heterocycles. The zero-order valence-electron chi connectivity index (χ0n) is 9.10. The van der Waals surface area contributed by atoms with Crippen molar-refractivity contribution in [2.45, 2.75) is 12.1 Å². The van der Waals surface area contributed by atoms with Crippen LogP contribution in [0.4, 0.5) is 0 Å². The maximum absolute atomic E-state index is 5.74. The zero-order chi connectivity index (χ0) is 10.7. The molecule has 2 N–H and O–H groups in total. The van der Waals surface area contributed by atoms with Crippen molar-refractivity contribution in [1.29, 1.82) is 0 Å². The Kier molecular flexibility index (Phi) is 3.36. The van der Waals surface area contributed by atoms with Crippen LogP contribution < -0.4 is 5.73 Å². The second-order valence-corrected chi connectivity index (χ2v) is 3.98. The predicted octanol–water partition coefficient (Wildman–Crippen LogP) is 1.02. The van der Waals surface area contributed by atoms with Crippen molar-refractivity contribution in [2.75, 3.05) is 26.7 Å². The molecule has 0 radical (unpaired) electrons. The predicted molar refractivity (Wildman–Crippen MR) is 60.6 cm³/mol. The third-order valence-electron chi connectivity index (χ3n) is 2.98. The van der Waals surface area contributed by atoms with Crippen LogP contribution in [0.15, 0.2) is 30.3 Å². The number of likely N-dealkylation sites (N-methyl/N-ethyl adjacent to an activating group) is 1. The fourth-order valence-corrected chi connectivity index (χ4v) is 2.18. The van der Waals surface area contributed by atoms with E-state index in [0.717, 1.165) is 13.2 Å². The van der Waals surface area contributed by atoms with E-state index in [1.54, 1.807) is 0 Å². The monoisotopic (exact) mass is 206 g/mol. The molecule has 1 fully saturated rings. The summed E-state index contributed by atoms with van der Waals surface area (Å²) in [6, 6.07) is 10.7. The van der Waals surface area contributed by atoms with Gasteiger partial charge in [0.25, 0.3) is 0 Å². The van der Waals surface area contributed by atoms with Gasteiger partial charge in [0, 0.05) is 13.1 Å². The van der Waals surface area contributed by atoms with Gasteiger partial charge in [-0.1, -0.05) is 30.3 Å². The van der Waals surface area contributed by atoms with E-state index in [2.05, 4.69) is 36.2 Å². The SMILES string of the molecule is CN1CCO[C@@H](CN)[C@@H]1c1ccccc1. The standard InChI is InChI=1S/C12H18N2O/c1-14-7-8-15-11(9-13)12(14)10-5-3-2-4-6-10/h2-6,11-12H,7-9,13H2,1H3/t11-,12-/m0/s1. The van der Waals surface area contributed by atoms with Crippen molar-refractivity contribution >= 4 is 0 Å². The Morgan fingerprint density at radius 3 is 2.80 bits per heavy atom. The summed E-state index contributed by atoms with van der Waals surface area (Å²) in [6.07, 6.45) is 0.117. The molecule has 0 bridgehead atoms. The van der Waals surface area contributed by atoms with Crippen LogP contribution in [0.5, 0.6) is 0 Å². The molecule has 0 spiro atoms. The van der Waals surface area contributed by atoms with Crippen LogP contribution in [0, 0.1) is 0 Å². The van der Waals surface area contributed by atoms with Gasteiger partial charge in [-0.2, -0.15) is 0 Å². The third-order valence-corrected chi connectivity index (χ3v) is 2.98. The number of benzene rings is 1. The van der Waals surface area contributed by atoms with Crippen LogP contribution in [0.25, 0.3) is 0 Å². The number of nitrogens with zero attached hydrogens (tertiary/aromatic N) is 1. The van der Waals surface area contributed by atoms with Gasteiger partial charge in [-0.15, -0.1) is 0 Å². The van der Waals surface area contributed by atoms with Gasteiger partial charge < -0.3 is 10.5 Å². The molecule has 1 saturated heterocycles. The Hall–Kier alpha value is -0.900. The van der Waals surface area contributed by atoms with Crippen LogP contribution in [-0.4, -0.2) is 37.7 Å². The average molecular weight is 206 g/mol. The molecule has 0 aliphatic carbocycles. The highest BCUT2D eigenvalue weighted by Crippen LogP contribution is 2.27. The zero-order valence-corrected chi connectivity index (χ0v) is 9.10. The van der Waals surface area contributed by atoms with Crippen LogP contribution in [0.1, 0.15) is 11.6 Å². The summed E-state index contributed by atoms with van der Waals surface area (Å²) in [5.74, 6) is 0. The van der Waals surface area contributed by atoms with Crippen LogP contribution in [0.2, 0.25) is 0 Å². The Morgan fingerprint density at radius 2 is 2.13 bits per heavy atom. The van der Waals surface area contributed by atoms with Crippen molar-refractivity contribution in [1.82, 2.24) is 4.90 Å². The van der Waals surface area contributed by atoms with Crippen molar-refractivity contribution in [2.24, 2.45) is 5.73 Å². The van der Waals surface area contributed by atoms with Crippen molar-refractivity contribution < 1.29 is 4.74 Å². The summed E-state index contributed by atoms with van der Waals surface area (Å²) in [6.45, 7) is 2.32. The molecule has 0 amide bonds. The molecule has 2 rings (SSSR count). The Labute approximate surface area is 90.8 Å². The highest BCUT2D eigenvalue weighted by molar-refractivity contribution is 5.20. The lowest BCUT2D eigenvalue weighted by Crippen LogP contribution is -2.46. The fourth-order valence-electron chi connectivity index (χ4n) is 2.18. The molecular weight excluding hydrogens is 188 g/mol. The van der Waals surface area contributed by atoms with Gasteiger partial charge >= 0.3 is 0 Å². The molecule has 0 aromatic heterocycles. The molecule has 1 aromatic carbocycles. The first-order valence-corrected chi connectivity index (χ1v) is 5.40. The van der Waals surface area contributed by atoms with Gasteiger partial charge in [0.1, 0.15) is 0 Å². The summed E-state index contributed by atoms with van der Waals surface area (Å²) >= 11 is 0. The minimum atomic E-state index is 0.117. The second-order valence-electron chi connectivity index (χ2n) is 3.98. The van der Waals surface area contributed by atoms with Gasteiger partial charge in [-0.3, -0.25) is 4.90 Å². The lowest BCUT2D eigenvalue weighted by atomic mass is 9.99. The molecule has 2 atom stereocenters. The highest BCUT2D eigenvalue weighted by atomic mass is 16.5. The largest absolute Gasteiger partial charge is 0.374 e. The average Bonchev–Trinajstić information content (AvgIpc) is 2.29. The van der Waals surface area contributed by atoms with E-state index < -0.39 is 0 Å².